The number of carbonyl (C=O) groups excluding carboxylic acids is 2. The van der Waals surface area contributed by atoms with Crippen molar-refractivity contribution in [3.8, 4) is 5.75 Å². The lowest BCUT2D eigenvalue weighted by Gasteiger charge is -2.30. The molecule has 3 aliphatic heterocycles. The fourth-order valence-corrected chi connectivity index (χ4v) is 6.10. The standard InChI is InChI=1S/C26H20FNO5S/c27-19-12-17-14-31-24(16-6-2-1-3-7-16)33-23(17)18(13-19)15-32-25(30)26-11-10-22(29)28(26)20-8-4-5-9-21(20)34-26/h1-9,12-13,24H,10-11,14-15H2/t24-,26+/m1/s1. The Hall–Kier alpha value is -3.36. The molecule has 3 heterocycles. The zero-order valence-corrected chi connectivity index (χ0v) is 18.8. The zero-order chi connectivity index (χ0) is 23.3. The molecule has 1 saturated heterocycles. The van der Waals surface area contributed by atoms with Gasteiger partial charge < -0.3 is 14.2 Å². The SMILES string of the molecule is O=C1CC[C@@]2(C(=O)OCc3cc(F)cc4c3O[C@H](c3ccccc3)OC4)Sc3ccccc3N12. The van der Waals surface area contributed by atoms with E-state index >= 15 is 0 Å². The molecule has 0 bridgehead atoms. The van der Waals surface area contributed by atoms with Crippen LogP contribution in [0.25, 0.3) is 0 Å². The molecular formula is C26H20FNO5S. The second-order valence-electron chi connectivity index (χ2n) is 8.38. The predicted octanol–water partition coefficient (Wildman–Crippen LogP) is 5.11. The first-order valence-electron chi connectivity index (χ1n) is 11.0. The topological polar surface area (TPSA) is 65.1 Å². The first-order chi connectivity index (χ1) is 16.5. The molecule has 6 rings (SSSR count). The molecule has 34 heavy (non-hydrogen) atoms. The summed E-state index contributed by atoms with van der Waals surface area (Å²) in [4.78, 5) is 27.3. The lowest BCUT2D eigenvalue weighted by atomic mass is 10.1. The third-order valence-electron chi connectivity index (χ3n) is 6.25. The second-order valence-corrected chi connectivity index (χ2v) is 9.70. The van der Waals surface area contributed by atoms with E-state index < -0.39 is 22.9 Å². The number of nitrogens with zero attached hydrogens (tertiary/aromatic N) is 1. The number of hydrogen-bond acceptors (Lipinski definition) is 6. The van der Waals surface area contributed by atoms with Gasteiger partial charge in [0.15, 0.2) is 4.87 Å². The molecule has 0 unspecified atom stereocenters. The summed E-state index contributed by atoms with van der Waals surface area (Å²) in [7, 11) is 0. The van der Waals surface area contributed by atoms with Gasteiger partial charge in [-0.2, -0.15) is 0 Å². The molecule has 0 radical (unpaired) electrons. The molecule has 3 aromatic rings. The maximum atomic E-state index is 14.3. The molecular weight excluding hydrogens is 457 g/mol. The van der Waals surface area contributed by atoms with Crippen molar-refractivity contribution < 1.29 is 28.2 Å². The van der Waals surface area contributed by atoms with Gasteiger partial charge in [0.1, 0.15) is 18.2 Å². The summed E-state index contributed by atoms with van der Waals surface area (Å²) in [5.74, 6) is -0.643. The number of benzene rings is 3. The van der Waals surface area contributed by atoms with Gasteiger partial charge in [-0.15, -0.1) is 0 Å². The molecule has 1 fully saturated rings. The zero-order valence-electron chi connectivity index (χ0n) is 18.0. The van der Waals surface area contributed by atoms with E-state index in [1.165, 1.54) is 23.9 Å². The fourth-order valence-electron chi connectivity index (χ4n) is 4.69. The van der Waals surface area contributed by atoms with Crippen LogP contribution in [0.5, 0.6) is 5.75 Å². The highest BCUT2D eigenvalue weighted by molar-refractivity contribution is 8.02. The quantitative estimate of drug-likeness (QED) is 0.487. The molecule has 0 aliphatic carbocycles. The molecule has 1 amide bonds. The third-order valence-corrected chi connectivity index (χ3v) is 7.70. The van der Waals surface area contributed by atoms with E-state index in [9.17, 15) is 14.0 Å². The van der Waals surface area contributed by atoms with E-state index in [-0.39, 0.29) is 25.5 Å². The minimum atomic E-state index is -1.13. The van der Waals surface area contributed by atoms with Crippen LogP contribution in [-0.4, -0.2) is 16.7 Å². The number of fused-ring (bicyclic) bond motifs is 4. The summed E-state index contributed by atoms with van der Waals surface area (Å²) >= 11 is 1.34. The maximum Gasteiger partial charge on any atom is 0.343 e. The van der Waals surface area contributed by atoms with E-state index in [4.69, 9.17) is 14.2 Å². The Morgan fingerprint density at radius 3 is 2.79 bits per heavy atom. The fraction of sp³-hybridized carbons (Fsp3) is 0.231. The average Bonchev–Trinajstić information content (AvgIpc) is 3.38. The molecule has 0 saturated carbocycles. The van der Waals surface area contributed by atoms with Crippen molar-refractivity contribution in [2.24, 2.45) is 0 Å². The summed E-state index contributed by atoms with van der Waals surface area (Å²) in [6.07, 6.45) is -0.0218. The van der Waals surface area contributed by atoms with Crippen LogP contribution in [0.3, 0.4) is 0 Å². The summed E-state index contributed by atoms with van der Waals surface area (Å²) < 4.78 is 31.9. The van der Waals surface area contributed by atoms with Crippen LogP contribution in [-0.2, 0) is 32.3 Å². The number of carbonyl (C=O) groups is 2. The molecule has 0 N–H and O–H groups in total. The van der Waals surface area contributed by atoms with Gasteiger partial charge >= 0.3 is 5.97 Å². The number of thioether (sulfide) groups is 1. The van der Waals surface area contributed by atoms with Crippen LogP contribution < -0.4 is 9.64 Å². The minimum absolute atomic E-state index is 0.108. The summed E-state index contributed by atoms with van der Waals surface area (Å²) in [6, 6.07) is 19.6. The summed E-state index contributed by atoms with van der Waals surface area (Å²) in [5.41, 5.74) is 2.53. The number of esters is 1. The molecule has 0 aromatic heterocycles. The second kappa shape index (κ2) is 8.14. The van der Waals surface area contributed by atoms with Crippen molar-refractivity contribution in [2.75, 3.05) is 4.90 Å². The number of ether oxygens (including phenoxy) is 3. The van der Waals surface area contributed by atoms with E-state index in [1.807, 2.05) is 54.6 Å². The van der Waals surface area contributed by atoms with Gasteiger partial charge in [0, 0.05) is 34.4 Å². The molecule has 3 aromatic carbocycles. The molecule has 0 spiro atoms. The van der Waals surface area contributed by atoms with Crippen LogP contribution in [0.2, 0.25) is 0 Å². The van der Waals surface area contributed by atoms with Gasteiger partial charge in [0.25, 0.3) is 0 Å². The van der Waals surface area contributed by atoms with Crippen LogP contribution in [0.1, 0.15) is 35.8 Å². The maximum absolute atomic E-state index is 14.3. The van der Waals surface area contributed by atoms with Crippen molar-refractivity contribution in [3.63, 3.8) is 0 Å². The highest BCUT2D eigenvalue weighted by Crippen LogP contribution is 2.56. The highest BCUT2D eigenvalue weighted by Gasteiger charge is 2.58. The largest absolute Gasteiger partial charge is 0.460 e. The Bertz CT molecular complexity index is 1300. The smallest absolute Gasteiger partial charge is 0.343 e. The van der Waals surface area contributed by atoms with E-state index in [2.05, 4.69) is 0 Å². The van der Waals surface area contributed by atoms with Gasteiger partial charge in [-0.3, -0.25) is 9.69 Å². The van der Waals surface area contributed by atoms with Crippen LogP contribution in [0.4, 0.5) is 10.1 Å². The van der Waals surface area contributed by atoms with Crippen LogP contribution in [0, 0.1) is 5.82 Å². The van der Waals surface area contributed by atoms with Crippen molar-refractivity contribution in [2.45, 2.75) is 42.1 Å². The molecule has 172 valence electrons. The number of hydrogen-bond donors (Lipinski definition) is 0. The summed E-state index contributed by atoms with van der Waals surface area (Å²) in [6.45, 7) is -0.00784. The van der Waals surface area contributed by atoms with Gasteiger partial charge in [0.2, 0.25) is 12.2 Å². The van der Waals surface area contributed by atoms with Gasteiger partial charge in [-0.1, -0.05) is 54.2 Å². The monoisotopic (exact) mass is 477 g/mol. The van der Waals surface area contributed by atoms with Crippen molar-refractivity contribution in [1.29, 1.82) is 0 Å². The normalized spacial score (nSPS) is 22.6. The average molecular weight is 478 g/mol. The number of halogens is 1. The van der Waals surface area contributed by atoms with Gasteiger partial charge in [-0.05, 0) is 24.3 Å². The number of amides is 1. The van der Waals surface area contributed by atoms with E-state index in [0.29, 0.717) is 23.3 Å². The van der Waals surface area contributed by atoms with Gasteiger partial charge in [-0.25, -0.2) is 9.18 Å². The lowest BCUT2D eigenvalue weighted by molar-refractivity contribution is -0.148. The predicted molar refractivity (Wildman–Crippen MR) is 123 cm³/mol. The first kappa shape index (κ1) is 21.2. The third kappa shape index (κ3) is 3.36. The number of rotatable bonds is 4. The Labute approximate surface area is 199 Å². The molecule has 3 aliphatic rings. The van der Waals surface area contributed by atoms with Crippen LogP contribution in [0.15, 0.2) is 71.6 Å². The Balaban J connectivity index is 1.25. The number of para-hydroxylation sites is 1. The minimum Gasteiger partial charge on any atom is -0.460 e. The van der Waals surface area contributed by atoms with Crippen molar-refractivity contribution in [3.05, 3.63) is 89.2 Å². The van der Waals surface area contributed by atoms with E-state index in [0.717, 1.165) is 16.1 Å². The molecule has 6 nitrogen and oxygen atoms in total. The van der Waals surface area contributed by atoms with Crippen LogP contribution >= 0.6 is 11.8 Å². The van der Waals surface area contributed by atoms with Crippen molar-refractivity contribution >= 4 is 29.3 Å². The molecule has 2 atom stereocenters. The Kier molecular flexibility index (Phi) is 5.08. The summed E-state index contributed by atoms with van der Waals surface area (Å²) in [5, 5.41) is 0. The highest BCUT2D eigenvalue weighted by atomic mass is 32.2. The van der Waals surface area contributed by atoms with Crippen molar-refractivity contribution in [1.82, 2.24) is 0 Å². The first-order valence-corrected chi connectivity index (χ1v) is 11.8. The number of anilines is 1. The van der Waals surface area contributed by atoms with Gasteiger partial charge in [0.05, 0.1) is 12.3 Å². The van der Waals surface area contributed by atoms with E-state index in [1.54, 1.807) is 4.90 Å². The Morgan fingerprint density at radius 2 is 1.94 bits per heavy atom. The Morgan fingerprint density at radius 1 is 1.15 bits per heavy atom. The molecule has 8 heteroatoms. The lowest BCUT2D eigenvalue weighted by Crippen LogP contribution is -2.47.